The van der Waals surface area contributed by atoms with Crippen molar-refractivity contribution in [1.82, 2.24) is 0 Å². The van der Waals surface area contributed by atoms with Crippen LogP contribution in [0.2, 0.25) is 0 Å². The summed E-state index contributed by atoms with van der Waals surface area (Å²) in [6, 6.07) is 4.68. The quantitative estimate of drug-likeness (QED) is 0.630. The molecule has 18 heavy (non-hydrogen) atoms. The summed E-state index contributed by atoms with van der Waals surface area (Å²) in [5.74, 6) is -2.45. The lowest BCUT2D eigenvalue weighted by Crippen LogP contribution is -2.33. The van der Waals surface area contributed by atoms with E-state index in [9.17, 15) is 14.4 Å². The number of fused-ring (bicyclic) bond motifs is 1. The zero-order valence-corrected chi connectivity index (χ0v) is 10.1. The standard InChI is InChI=1S/C13H13NO4/c1-7-5-10-6-9(12(16)13(17)18)3-4-11(10)14(7)8(2)15/h3-4,6-7H,5H2,1-2H3,(H,17,18). The number of nitrogens with zero attached hydrogens (tertiary/aromatic N) is 1. The van der Waals surface area contributed by atoms with E-state index in [1.807, 2.05) is 6.92 Å². The van der Waals surface area contributed by atoms with Crippen molar-refractivity contribution in [3.63, 3.8) is 0 Å². The fourth-order valence-electron chi connectivity index (χ4n) is 2.38. The number of carboxylic acid groups (broad SMARTS) is 1. The van der Waals surface area contributed by atoms with Gasteiger partial charge in [0.15, 0.2) is 0 Å². The lowest BCUT2D eigenvalue weighted by molar-refractivity contribution is -0.131. The predicted molar refractivity (Wildman–Crippen MR) is 64.7 cm³/mol. The minimum Gasteiger partial charge on any atom is -0.475 e. The van der Waals surface area contributed by atoms with Gasteiger partial charge in [-0.1, -0.05) is 0 Å². The Morgan fingerprint density at radius 3 is 2.56 bits per heavy atom. The van der Waals surface area contributed by atoms with Gasteiger partial charge in [0, 0.05) is 24.2 Å². The second kappa shape index (κ2) is 4.25. The maximum Gasteiger partial charge on any atom is 0.377 e. The molecule has 1 atom stereocenters. The molecule has 0 bridgehead atoms. The molecule has 0 saturated carbocycles. The van der Waals surface area contributed by atoms with Gasteiger partial charge < -0.3 is 10.0 Å². The molecule has 1 N–H and O–H groups in total. The van der Waals surface area contributed by atoms with Crippen molar-refractivity contribution in [1.29, 1.82) is 0 Å². The Labute approximate surface area is 104 Å². The molecular weight excluding hydrogens is 234 g/mol. The van der Waals surface area contributed by atoms with Crippen molar-refractivity contribution in [2.75, 3.05) is 4.90 Å². The molecule has 1 heterocycles. The van der Waals surface area contributed by atoms with Crippen molar-refractivity contribution in [3.05, 3.63) is 29.3 Å². The summed E-state index contributed by atoms with van der Waals surface area (Å²) in [6.07, 6.45) is 0.635. The van der Waals surface area contributed by atoms with Crippen LogP contribution in [-0.4, -0.2) is 28.8 Å². The lowest BCUT2D eigenvalue weighted by Gasteiger charge is -2.20. The number of rotatable bonds is 2. The molecule has 0 saturated heterocycles. The highest BCUT2D eigenvalue weighted by Crippen LogP contribution is 2.32. The largest absolute Gasteiger partial charge is 0.475 e. The van der Waals surface area contributed by atoms with Crippen molar-refractivity contribution in [3.8, 4) is 0 Å². The SMILES string of the molecule is CC(=O)N1c2ccc(C(=O)C(=O)O)cc2CC1C. The molecule has 1 aromatic carbocycles. The van der Waals surface area contributed by atoms with E-state index in [2.05, 4.69) is 0 Å². The van der Waals surface area contributed by atoms with Crippen LogP contribution in [0.4, 0.5) is 5.69 Å². The highest BCUT2D eigenvalue weighted by atomic mass is 16.4. The van der Waals surface area contributed by atoms with Gasteiger partial charge >= 0.3 is 5.97 Å². The second-order valence-corrected chi connectivity index (χ2v) is 4.42. The Hall–Kier alpha value is -2.17. The number of hydrogen-bond donors (Lipinski definition) is 1. The van der Waals surface area contributed by atoms with Crippen LogP contribution in [-0.2, 0) is 16.0 Å². The smallest absolute Gasteiger partial charge is 0.377 e. The first-order chi connectivity index (χ1) is 8.41. The first-order valence-electron chi connectivity index (χ1n) is 5.62. The van der Waals surface area contributed by atoms with Gasteiger partial charge in [-0.25, -0.2) is 4.79 Å². The van der Waals surface area contributed by atoms with Crippen molar-refractivity contribution in [2.24, 2.45) is 0 Å². The minimum absolute atomic E-state index is 0.0349. The van der Waals surface area contributed by atoms with Crippen LogP contribution in [0.1, 0.15) is 29.8 Å². The van der Waals surface area contributed by atoms with Crippen LogP contribution in [0, 0.1) is 0 Å². The van der Waals surface area contributed by atoms with Gasteiger partial charge in [-0.15, -0.1) is 0 Å². The first kappa shape index (κ1) is 12.3. The van der Waals surface area contributed by atoms with Crippen LogP contribution < -0.4 is 4.90 Å². The number of carbonyl (C=O) groups excluding carboxylic acids is 2. The summed E-state index contributed by atoms with van der Waals surface area (Å²) in [4.78, 5) is 35.2. The van der Waals surface area contributed by atoms with Crippen LogP contribution in [0.15, 0.2) is 18.2 Å². The molecule has 94 valence electrons. The summed E-state index contributed by atoms with van der Waals surface area (Å²) in [6.45, 7) is 3.40. The van der Waals surface area contributed by atoms with Crippen molar-refractivity contribution >= 4 is 23.3 Å². The molecule has 0 radical (unpaired) electrons. The third-order valence-corrected chi connectivity index (χ3v) is 3.09. The molecule has 2 rings (SSSR count). The van der Waals surface area contributed by atoms with Crippen molar-refractivity contribution < 1.29 is 19.5 Å². The molecule has 0 fully saturated rings. The van der Waals surface area contributed by atoms with E-state index in [0.717, 1.165) is 11.3 Å². The molecule has 0 spiro atoms. The van der Waals surface area contributed by atoms with E-state index in [4.69, 9.17) is 5.11 Å². The van der Waals surface area contributed by atoms with E-state index in [0.29, 0.717) is 6.42 Å². The van der Waals surface area contributed by atoms with Gasteiger partial charge in [0.25, 0.3) is 5.78 Å². The molecule has 0 aliphatic carbocycles. The summed E-state index contributed by atoms with van der Waals surface area (Å²) in [5, 5.41) is 8.66. The number of benzene rings is 1. The Balaban J connectivity index is 2.42. The highest BCUT2D eigenvalue weighted by Gasteiger charge is 2.29. The number of carbonyl (C=O) groups is 3. The molecular formula is C13H13NO4. The van der Waals surface area contributed by atoms with Gasteiger partial charge in [-0.2, -0.15) is 0 Å². The third-order valence-electron chi connectivity index (χ3n) is 3.09. The fraction of sp³-hybridized carbons (Fsp3) is 0.308. The van der Waals surface area contributed by atoms with Gasteiger partial charge in [0.05, 0.1) is 0 Å². The first-order valence-corrected chi connectivity index (χ1v) is 5.62. The molecule has 5 heteroatoms. The van der Waals surface area contributed by atoms with Crippen LogP contribution in [0.3, 0.4) is 0 Å². The van der Waals surface area contributed by atoms with Gasteiger partial charge in [0.2, 0.25) is 5.91 Å². The van der Waals surface area contributed by atoms with Gasteiger partial charge in [0.1, 0.15) is 0 Å². The summed E-state index contributed by atoms with van der Waals surface area (Å²) < 4.78 is 0. The zero-order valence-electron chi connectivity index (χ0n) is 10.1. The lowest BCUT2D eigenvalue weighted by atomic mass is 10.0. The number of aliphatic carboxylic acids is 1. The molecule has 5 nitrogen and oxygen atoms in total. The normalized spacial score (nSPS) is 17.4. The zero-order chi connectivity index (χ0) is 13.4. The maximum absolute atomic E-state index is 11.5. The Morgan fingerprint density at radius 2 is 2.00 bits per heavy atom. The Bertz CT molecular complexity index is 550. The number of ketones is 1. The third kappa shape index (κ3) is 1.88. The van der Waals surface area contributed by atoms with E-state index in [-0.39, 0.29) is 17.5 Å². The molecule has 1 aliphatic rings. The molecule has 1 unspecified atom stereocenters. The average Bonchev–Trinajstić information content (AvgIpc) is 2.62. The second-order valence-electron chi connectivity index (χ2n) is 4.42. The van der Waals surface area contributed by atoms with Crippen LogP contribution in [0.5, 0.6) is 0 Å². The molecule has 1 aliphatic heterocycles. The van der Waals surface area contributed by atoms with E-state index in [1.165, 1.54) is 13.0 Å². The maximum atomic E-state index is 11.5. The fourth-order valence-corrected chi connectivity index (χ4v) is 2.38. The monoisotopic (exact) mass is 247 g/mol. The predicted octanol–water partition coefficient (Wildman–Crippen LogP) is 1.25. The van der Waals surface area contributed by atoms with E-state index in [1.54, 1.807) is 17.0 Å². The number of amides is 1. The summed E-state index contributed by atoms with van der Waals surface area (Å²) in [5.41, 5.74) is 1.75. The van der Waals surface area contributed by atoms with Crippen molar-refractivity contribution in [2.45, 2.75) is 26.3 Å². The van der Waals surface area contributed by atoms with Crippen LogP contribution in [0.25, 0.3) is 0 Å². The molecule has 1 aromatic rings. The van der Waals surface area contributed by atoms with E-state index < -0.39 is 11.8 Å². The Morgan fingerprint density at radius 1 is 1.33 bits per heavy atom. The number of carboxylic acids is 1. The summed E-state index contributed by atoms with van der Waals surface area (Å²) >= 11 is 0. The topological polar surface area (TPSA) is 74.7 Å². The van der Waals surface area contributed by atoms with Gasteiger partial charge in [-0.05, 0) is 37.1 Å². The van der Waals surface area contributed by atoms with Gasteiger partial charge in [-0.3, -0.25) is 9.59 Å². The highest BCUT2D eigenvalue weighted by molar-refractivity contribution is 6.39. The molecule has 1 amide bonds. The minimum atomic E-state index is -1.47. The molecule has 0 aromatic heterocycles. The van der Waals surface area contributed by atoms with E-state index >= 15 is 0 Å². The average molecular weight is 247 g/mol. The number of Topliss-reactive ketones (excluding diaryl/α,β-unsaturated/α-hetero) is 1. The Kier molecular flexibility index (Phi) is 2.90. The number of anilines is 1. The summed E-state index contributed by atoms with van der Waals surface area (Å²) in [7, 11) is 0. The van der Waals surface area contributed by atoms with Crippen LogP contribution >= 0.6 is 0 Å². The number of hydrogen-bond acceptors (Lipinski definition) is 3.